The molecule has 2 atom stereocenters. The summed E-state index contributed by atoms with van der Waals surface area (Å²) in [7, 11) is 0. The van der Waals surface area contributed by atoms with Crippen LogP contribution >= 0.6 is 34.9 Å². The molecule has 39 heavy (non-hydrogen) atoms. The third kappa shape index (κ3) is 8.08. The van der Waals surface area contributed by atoms with Gasteiger partial charge < -0.3 is 10.6 Å². The summed E-state index contributed by atoms with van der Waals surface area (Å²) in [6.45, 7) is 0. The third-order valence-electron chi connectivity index (χ3n) is 7.41. The number of amides is 2. The Morgan fingerprint density at radius 1 is 0.641 bits per heavy atom. The van der Waals surface area contributed by atoms with Crippen LogP contribution in [0.1, 0.15) is 85.8 Å². The molecular formula is C30H36N4O2S3. The van der Waals surface area contributed by atoms with Crippen molar-refractivity contribution in [1.82, 2.24) is 20.8 Å². The van der Waals surface area contributed by atoms with Gasteiger partial charge in [0.2, 0.25) is 11.8 Å². The molecule has 2 saturated carbocycles. The third-order valence-corrected chi connectivity index (χ3v) is 11.0. The van der Waals surface area contributed by atoms with Gasteiger partial charge in [-0.15, -0.1) is 10.2 Å². The van der Waals surface area contributed by atoms with Gasteiger partial charge >= 0.3 is 0 Å². The van der Waals surface area contributed by atoms with E-state index in [0.29, 0.717) is 0 Å². The number of rotatable bonds is 10. The summed E-state index contributed by atoms with van der Waals surface area (Å²) in [5.41, 5.74) is 1.91. The standard InChI is InChI=1S/C30H36N4O2S3/c35-27(31-23-17-9-3-10-18-23)25(21-13-5-1-6-14-21)37-29-33-34-30(39-29)38-26(22-15-7-2-8-16-22)28(36)32-24-19-11-4-12-20-24/h1-2,5-8,13-16,23-26H,3-4,9-12,17-20H2,(H,31,35)(H,32,36)/t25-,26-/m0/s1. The van der Waals surface area contributed by atoms with Gasteiger partial charge in [-0.05, 0) is 36.8 Å². The molecule has 2 aliphatic carbocycles. The maximum absolute atomic E-state index is 13.4. The molecule has 5 rings (SSSR count). The van der Waals surface area contributed by atoms with Crippen LogP contribution in [0.25, 0.3) is 0 Å². The number of carbonyl (C=O) groups is 2. The Kier molecular flexibility index (Phi) is 10.3. The van der Waals surface area contributed by atoms with Crippen LogP contribution in [0.15, 0.2) is 69.3 Å². The van der Waals surface area contributed by atoms with Gasteiger partial charge in [0, 0.05) is 12.1 Å². The van der Waals surface area contributed by atoms with Crippen molar-refractivity contribution in [2.24, 2.45) is 0 Å². The predicted octanol–water partition coefficient (Wildman–Crippen LogP) is 7.10. The average Bonchev–Trinajstić information content (AvgIpc) is 3.43. The molecule has 2 N–H and O–H groups in total. The molecule has 206 valence electrons. The minimum Gasteiger partial charge on any atom is -0.352 e. The molecule has 2 amide bonds. The van der Waals surface area contributed by atoms with Crippen LogP contribution in [0, 0.1) is 0 Å². The molecule has 2 aliphatic rings. The maximum atomic E-state index is 13.4. The summed E-state index contributed by atoms with van der Waals surface area (Å²) in [6.07, 6.45) is 11.3. The minimum absolute atomic E-state index is 0.0246. The first-order valence-electron chi connectivity index (χ1n) is 14.0. The quantitative estimate of drug-likeness (QED) is 0.249. The molecule has 0 saturated heterocycles. The summed E-state index contributed by atoms with van der Waals surface area (Å²) in [4.78, 5) is 26.9. The number of carbonyl (C=O) groups excluding carboxylic acids is 2. The van der Waals surface area contributed by atoms with Gasteiger partial charge in [0.25, 0.3) is 0 Å². The molecule has 1 aromatic heterocycles. The van der Waals surface area contributed by atoms with E-state index >= 15 is 0 Å². The number of thioether (sulfide) groups is 2. The molecule has 2 aromatic carbocycles. The second-order valence-electron chi connectivity index (χ2n) is 10.3. The van der Waals surface area contributed by atoms with Crippen molar-refractivity contribution in [1.29, 1.82) is 0 Å². The van der Waals surface area contributed by atoms with Crippen molar-refractivity contribution in [2.75, 3.05) is 0 Å². The van der Waals surface area contributed by atoms with E-state index in [0.717, 1.165) is 45.5 Å². The van der Waals surface area contributed by atoms with E-state index in [1.807, 2.05) is 60.7 Å². The van der Waals surface area contributed by atoms with E-state index in [4.69, 9.17) is 0 Å². The van der Waals surface area contributed by atoms with Crippen LogP contribution < -0.4 is 10.6 Å². The maximum Gasteiger partial charge on any atom is 0.238 e. The van der Waals surface area contributed by atoms with Crippen molar-refractivity contribution in [2.45, 2.75) is 95.5 Å². The smallest absolute Gasteiger partial charge is 0.238 e. The SMILES string of the molecule is O=C(NC1CCCCC1)[C@@H](Sc1nnc(S[C@H](C(=O)NC2CCCCC2)c2ccccc2)s1)c1ccccc1. The largest absolute Gasteiger partial charge is 0.352 e. The lowest BCUT2D eigenvalue weighted by atomic mass is 9.95. The highest BCUT2D eigenvalue weighted by atomic mass is 32.2. The van der Waals surface area contributed by atoms with Crippen LogP contribution in [0.2, 0.25) is 0 Å². The lowest BCUT2D eigenvalue weighted by Crippen LogP contribution is -2.38. The van der Waals surface area contributed by atoms with Crippen LogP contribution in [-0.2, 0) is 9.59 Å². The highest BCUT2D eigenvalue weighted by Crippen LogP contribution is 2.42. The van der Waals surface area contributed by atoms with E-state index in [1.54, 1.807) is 0 Å². The summed E-state index contributed by atoms with van der Waals surface area (Å²) in [6, 6.07) is 20.3. The lowest BCUT2D eigenvalue weighted by Gasteiger charge is -2.25. The van der Waals surface area contributed by atoms with Crippen LogP contribution in [0.5, 0.6) is 0 Å². The van der Waals surface area contributed by atoms with Crippen LogP contribution in [-0.4, -0.2) is 34.1 Å². The van der Waals surface area contributed by atoms with E-state index in [-0.39, 0.29) is 23.9 Å². The Labute approximate surface area is 243 Å². The number of hydrogen-bond acceptors (Lipinski definition) is 7. The zero-order chi connectivity index (χ0) is 26.9. The van der Waals surface area contributed by atoms with Gasteiger partial charge in [0.15, 0.2) is 8.68 Å². The molecule has 0 bridgehead atoms. The van der Waals surface area contributed by atoms with Gasteiger partial charge in [-0.1, -0.05) is 134 Å². The van der Waals surface area contributed by atoms with Crippen molar-refractivity contribution < 1.29 is 9.59 Å². The highest BCUT2D eigenvalue weighted by Gasteiger charge is 2.29. The number of aromatic nitrogens is 2. The van der Waals surface area contributed by atoms with Gasteiger partial charge in [0.1, 0.15) is 10.5 Å². The fourth-order valence-electron chi connectivity index (χ4n) is 5.34. The van der Waals surface area contributed by atoms with E-state index in [1.165, 1.54) is 73.4 Å². The zero-order valence-electron chi connectivity index (χ0n) is 22.1. The first-order valence-corrected chi connectivity index (χ1v) is 16.6. The monoisotopic (exact) mass is 580 g/mol. The van der Waals surface area contributed by atoms with Gasteiger partial charge in [-0.3, -0.25) is 9.59 Å². The molecule has 0 radical (unpaired) electrons. The molecule has 0 spiro atoms. The fraction of sp³-hybridized carbons (Fsp3) is 0.467. The summed E-state index contributed by atoms with van der Waals surface area (Å²) < 4.78 is 1.45. The summed E-state index contributed by atoms with van der Waals surface area (Å²) in [5, 5.41) is 14.6. The number of benzene rings is 2. The molecule has 1 heterocycles. The molecule has 0 unspecified atom stereocenters. The van der Waals surface area contributed by atoms with E-state index in [2.05, 4.69) is 20.8 Å². The molecule has 2 fully saturated rings. The Balaban J connectivity index is 1.30. The summed E-state index contributed by atoms with van der Waals surface area (Å²) in [5.74, 6) is 0.0491. The normalized spacial score (nSPS) is 18.3. The molecule has 6 nitrogen and oxygen atoms in total. The second kappa shape index (κ2) is 14.3. The summed E-state index contributed by atoms with van der Waals surface area (Å²) >= 11 is 4.33. The Hall–Kier alpha value is -2.36. The minimum atomic E-state index is -0.404. The van der Waals surface area contributed by atoms with Gasteiger partial charge in [-0.2, -0.15) is 0 Å². The first kappa shape index (κ1) is 28.2. The predicted molar refractivity (Wildman–Crippen MR) is 160 cm³/mol. The Morgan fingerprint density at radius 2 is 1.03 bits per heavy atom. The second-order valence-corrected chi connectivity index (χ2v) is 14.0. The number of hydrogen-bond donors (Lipinski definition) is 2. The van der Waals surface area contributed by atoms with Crippen molar-refractivity contribution in [3.63, 3.8) is 0 Å². The zero-order valence-corrected chi connectivity index (χ0v) is 24.5. The Bertz CT molecular complexity index is 1100. The first-order chi connectivity index (χ1) is 19.2. The molecule has 9 heteroatoms. The van der Waals surface area contributed by atoms with Gasteiger partial charge in [0.05, 0.1) is 0 Å². The average molecular weight is 581 g/mol. The van der Waals surface area contributed by atoms with Crippen molar-refractivity contribution in [3.05, 3.63) is 71.8 Å². The van der Waals surface area contributed by atoms with Crippen LogP contribution in [0.4, 0.5) is 0 Å². The van der Waals surface area contributed by atoms with Crippen molar-refractivity contribution >= 4 is 46.7 Å². The number of nitrogens with zero attached hydrogens (tertiary/aromatic N) is 2. The lowest BCUT2D eigenvalue weighted by molar-refractivity contribution is -0.122. The fourth-order valence-corrected chi connectivity index (χ4v) is 8.77. The van der Waals surface area contributed by atoms with E-state index < -0.39 is 10.5 Å². The highest BCUT2D eigenvalue weighted by molar-refractivity contribution is 8.04. The van der Waals surface area contributed by atoms with Crippen LogP contribution in [0.3, 0.4) is 0 Å². The molecular weight excluding hydrogens is 545 g/mol. The Morgan fingerprint density at radius 3 is 1.41 bits per heavy atom. The number of nitrogens with one attached hydrogen (secondary N) is 2. The van der Waals surface area contributed by atoms with Gasteiger partial charge in [-0.25, -0.2) is 0 Å². The molecule has 0 aliphatic heterocycles. The van der Waals surface area contributed by atoms with E-state index in [9.17, 15) is 9.59 Å². The van der Waals surface area contributed by atoms with Crippen molar-refractivity contribution in [3.8, 4) is 0 Å². The topological polar surface area (TPSA) is 84.0 Å². The molecule has 3 aromatic rings.